The number of amides is 1. The molecule has 4 nitrogen and oxygen atoms in total. The van der Waals surface area contributed by atoms with Crippen molar-refractivity contribution in [2.45, 2.75) is 39.3 Å². The van der Waals surface area contributed by atoms with Crippen molar-refractivity contribution in [2.24, 2.45) is 11.7 Å². The third-order valence-corrected chi connectivity index (χ3v) is 3.24. The minimum absolute atomic E-state index is 0.0737. The standard InChI is InChI=1S/C12H25N3O/c1-9(2)15(12(16)10(3)13)8-11-5-6-14(4)7-11/h9-11H,5-8,13H2,1-4H3/t10-,11-/m0/s1. The number of nitrogens with two attached hydrogens (primary N) is 1. The van der Waals surface area contributed by atoms with Gasteiger partial charge in [0.05, 0.1) is 6.04 Å². The SMILES string of the molecule is CC(C)N(C[C@H]1CCN(C)C1)C(=O)[C@H](C)N. The third kappa shape index (κ3) is 3.46. The van der Waals surface area contributed by atoms with Gasteiger partial charge >= 0.3 is 0 Å². The van der Waals surface area contributed by atoms with Crippen LogP contribution in [0.5, 0.6) is 0 Å². The first-order valence-corrected chi connectivity index (χ1v) is 6.16. The van der Waals surface area contributed by atoms with Gasteiger partial charge in [-0.15, -0.1) is 0 Å². The first-order chi connectivity index (χ1) is 7.41. The highest BCUT2D eigenvalue weighted by atomic mass is 16.2. The topological polar surface area (TPSA) is 49.6 Å². The molecule has 1 aliphatic heterocycles. The van der Waals surface area contributed by atoms with Gasteiger partial charge < -0.3 is 15.5 Å². The molecule has 1 saturated heterocycles. The number of rotatable bonds is 4. The maximum Gasteiger partial charge on any atom is 0.239 e. The summed E-state index contributed by atoms with van der Waals surface area (Å²) >= 11 is 0. The van der Waals surface area contributed by atoms with E-state index < -0.39 is 0 Å². The van der Waals surface area contributed by atoms with E-state index in [9.17, 15) is 4.79 Å². The van der Waals surface area contributed by atoms with Gasteiger partial charge in [-0.1, -0.05) is 0 Å². The van der Waals surface area contributed by atoms with Gasteiger partial charge in [0, 0.05) is 19.1 Å². The van der Waals surface area contributed by atoms with Crippen molar-refractivity contribution in [1.29, 1.82) is 0 Å². The molecular weight excluding hydrogens is 202 g/mol. The van der Waals surface area contributed by atoms with E-state index in [1.54, 1.807) is 6.92 Å². The zero-order valence-electron chi connectivity index (χ0n) is 10.9. The van der Waals surface area contributed by atoms with Gasteiger partial charge in [-0.25, -0.2) is 0 Å². The molecule has 0 aromatic heterocycles. The summed E-state index contributed by atoms with van der Waals surface area (Å²) < 4.78 is 0. The van der Waals surface area contributed by atoms with Crippen LogP contribution in [0.2, 0.25) is 0 Å². The number of hydrogen-bond acceptors (Lipinski definition) is 3. The molecule has 0 radical (unpaired) electrons. The molecule has 94 valence electrons. The summed E-state index contributed by atoms with van der Waals surface area (Å²) in [4.78, 5) is 16.2. The number of nitrogens with zero attached hydrogens (tertiary/aromatic N) is 2. The lowest BCUT2D eigenvalue weighted by Gasteiger charge is -2.30. The molecular formula is C12H25N3O. The van der Waals surface area contributed by atoms with Crippen LogP contribution in [0.4, 0.5) is 0 Å². The molecule has 2 atom stereocenters. The average molecular weight is 227 g/mol. The Balaban J connectivity index is 2.55. The van der Waals surface area contributed by atoms with Gasteiger partial charge in [0.25, 0.3) is 0 Å². The van der Waals surface area contributed by atoms with Crippen molar-refractivity contribution in [3.05, 3.63) is 0 Å². The smallest absolute Gasteiger partial charge is 0.239 e. The second-order valence-corrected chi connectivity index (χ2v) is 5.29. The highest BCUT2D eigenvalue weighted by molar-refractivity contribution is 5.81. The van der Waals surface area contributed by atoms with E-state index >= 15 is 0 Å². The molecule has 0 spiro atoms. The van der Waals surface area contributed by atoms with Gasteiger partial charge in [0.15, 0.2) is 0 Å². The van der Waals surface area contributed by atoms with E-state index in [2.05, 4.69) is 25.8 Å². The molecule has 0 aliphatic carbocycles. The Bertz CT molecular complexity index is 240. The molecule has 0 saturated carbocycles. The molecule has 2 N–H and O–H groups in total. The van der Waals surface area contributed by atoms with E-state index in [1.165, 1.54) is 6.42 Å². The third-order valence-electron chi connectivity index (χ3n) is 3.24. The molecule has 16 heavy (non-hydrogen) atoms. The van der Waals surface area contributed by atoms with E-state index in [1.807, 2.05) is 4.90 Å². The minimum Gasteiger partial charge on any atom is -0.339 e. The van der Waals surface area contributed by atoms with Crippen LogP contribution in [-0.2, 0) is 4.79 Å². The lowest BCUT2D eigenvalue weighted by Crippen LogP contribution is -2.47. The van der Waals surface area contributed by atoms with E-state index in [-0.39, 0.29) is 18.0 Å². The molecule has 1 amide bonds. The van der Waals surface area contributed by atoms with Crippen LogP contribution in [0.1, 0.15) is 27.2 Å². The van der Waals surface area contributed by atoms with Crippen LogP contribution in [0.15, 0.2) is 0 Å². The predicted octanol–water partition coefficient (Wildman–Crippen LogP) is 0.522. The number of carbonyl (C=O) groups excluding carboxylic acids is 1. The van der Waals surface area contributed by atoms with Crippen molar-refractivity contribution >= 4 is 5.91 Å². The fraction of sp³-hybridized carbons (Fsp3) is 0.917. The Morgan fingerprint density at radius 1 is 1.50 bits per heavy atom. The van der Waals surface area contributed by atoms with Gasteiger partial charge in [0.1, 0.15) is 0 Å². The van der Waals surface area contributed by atoms with Crippen LogP contribution in [0, 0.1) is 5.92 Å². The Labute approximate surface area is 98.8 Å². The second-order valence-electron chi connectivity index (χ2n) is 5.29. The van der Waals surface area contributed by atoms with Crippen LogP contribution in [-0.4, -0.2) is 54.5 Å². The first kappa shape index (κ1) is 13.5. The Hall–Kier alpha value is -0.610. The predicted molar refractivity (Wildman–Crippen MR) is 66.1 cm³/mol. The van der Waals surface area contributed by atoms with Gasteiger partial charge in [0.2, 0.25) is 5.91 Å². The summed E-state index contributed by atoms with van der Waals surface area (Å²) in [6.45, 7) is 8.96. The second kappa shape index (κ2) is 5.64. The van der Waals surface area contributed by atoms with Crippen molar-refractivity contribution < 1.29 is 4.79 Å². The van der Waals surface area contributed by atoms with Crippen molar-refractivity contribution in [3.63, 3.8) is 0 Å². The summed E-state index contributed by atoms with van der Waals surface area (Å²) in [6, 6.07) is -0.147. The first-order valence-electron chi connectivity index (χ1n) is 6.16. The maximum atomic E-state index is 11.9. The summed E-state index contributed by atoms with van der Waals surface area (Å²) in [7, 11) is 2.13. The lowest BCUT2D eigenvalue weighted by molar-refractivity contribution is -0.134. The summed E-state index contributed by atoms with van der Waals surface area (Å²) in [5, 5.41) is 0. The Morgan fingerprint density at radius 2 is 2.12 bits per heavy atom. The molecule has 1 aliphatic rings. The number of likely N-dealkylation sites (tertiary alicyclic amines) is 1. The average Bonchev–Trinajstić information content (AvgIpc) is 2.59. The molecule has 0 aromatic carbocycles. The van der Waals surface area contributed by atoms with Crippen LogP contribution in [0.25, 0.3) is 0 Å². The quantitative estimate of drug-likeness (QED) is 0.762. The monoisotopic (exact) mass is 227 g/mol. The normalized spacial score (nSPS) is 23.8. The molecule has 1 heterocycles. The molecule has 1 fully saturated rings. The Morgan fingerprint density at radius 3 is 2.50 bits per heavy atom. The zero-order chi connectivity index (χ0) is 12.3. The molecule has 0 bridgehead atoms. The fourth-order valence-corrected chi connectivity index (χ4v) is 2.27. The van der Waals surface area contributed by atoms with Crippen LogP contribution < -0.4 is 5.73 Å². The highest BCUT2D eigenvalue weighted by Gasteiger charge is 2.27. The summed E-state index contributed by atoms with van der Waals surface area (Å²) in [5.41, 5.74) is 5.67. The Kier molecular flexibility index (Phi) is 4.74. The summed E-state index contributed by atoms with van der Waals surface area (Å²) in [5.74, 6) is 0.680. The van der Waals surface area contributed by atoms with Crippen molar-refractivity contribution in [3.8, 4) is 0 Å². The zero-order valence-corrected chi connectivity index (χ0v) is 10.9. The molecule has 4 heteroatoms. The number of hydrogen-bond donors (Lipinski definition) is 1. The highest BCUT2D eigenvalue weighted by Crippen LogP contribution is 2.17. The molecule has 0 aromatic rings. The largest absolute Gasteiger partial charge is 0.339 e. The van der Waals surface area contributed by atoms with Crippen molar-refractivity contribution in [1.82, 2.24) is 9.80 Å². The number of carbonyl (C=O) groups is 1. The van der Waals surface area contributed by atoms with Crippen LogP contribution >= 0.6 is 0 Å². The van der Waals surface area contributed by atoms with E-state index in [4.69, 9.17) is 5.73 Å². The van der Waals surface area contributed by atoms with E-state index in [0.717, 1.165) is 19.6 Å². The van der Waals surface area contributed by atoms with Gasteiger partial charge in [-0.2, -0.15) is 0 Å². The summed E-state index contributed by atoms with van der Waals surface area (Å²) in [6.07, 6.45) is 1.19. The van der Waals surface area contributed by atoms with E-state index in [0.29, 0.717) is 5.92 Å². The minimum atomic E-state index is -0.387. The van der Waals surface area contributed by atoms with Gasteiger partial charge in [-0.3, -0.25) is 4.79 Å². The molecule has 1 rings (SSSR count). The van der Waals surface area contributed by atoms with Crippen LogP contribution in [0.3, 0.4) is 0 Å². The lowest BCUT2D eigenvalue weighted by atomic mass is 10.1. The maximum absolute atomic E-state index is 11.9. The molecule has 0 unspecified atom stereocenters. The fourth-order valence-electron chi connectivity index (χ4n) is 2.27. The van der Waals surface area contributed by atoms with Gasteiger partial charge in [-0.05, 0) is 46.7 Å². The van der Waals surface area contributed by atoms with Crippen molar-refractivity contribution in [2.75, 3.05) is 26.7 Å².